The first-order valence-corrected chi connectivity index (χ1v) is 11.8. The van der Waals surface area contributed by atoms with Gasteiger partial charge in [0.2, 0.25) is 5.95 Å². The van der Waals surface area contributed by atoms with Crippen LogP contribution >= 0.6 is 0 Å². The summed E-state index contributed by atoms with van der Waals surface area (Å²) in [5.41, 5.74) is 1.96. The fourth-order valence-corrected chi connectivity index (χ4v) is 4.83. The van der Waals surface area contributed by atoms with Gasteiger partial charge in [0.1, 0.15) is 0 Å². The number of benzene rings is 2. The molecule has 1 fully saturated rings. The fourth-order valence-electron chi connectivity index (χ4n) is 3.59. The summed E-state index contributed by atoms with van der Waals surface area (Å²) in [5.74, 6) is 0.459. The Labute approximate surface area is 188 Å². The Morgan fingerprint density at radius 1 is 0.938 bits per heavy atom. The first kappa shape index (κ1) is 21.8. The molecule has 0 radical (unpaired) electrons. The van der Waals surface area contributed by atoms with Gasteiger partial charge in [-0.25, -0.2) is 18.4 Å². The Bertz CT molecular complexity index is 1190. The molecule has 32 heavy (non-hydrogen) atoms. The second-order valence-electron chi connectivity index (χ2n) is 7.66. The maximum absolute atomic E-state index is 13.1. The molecule has 1 aliphatic rings. The molecule has 8 nitrogen and oxygen atoms in total. The van der Waals surface area contributed by atoms with Gasteiger partial charge in [-0.05, 0) is 43.3 Å². The number of anilines is 2. The van der Waals surface area contributed by atoms with Gasteiger partial charge in [-0.15, -0.1) is 0 Å². The lowest BCUT2D eigenvalue weighted by Crippen LogP contribution is -2.49. The molecule has 4 rings (SSSR count). The zero-order chi connectivity index (χ0) is 22.7. The van der Waals surface area contributed by atoms with Crippen LogP contribution in [0.1, 0.15) is 15.9 Å². The minimum absolute atomic E-state index is 0.0859. The predicted molar refractivity (Wildman–Crippen MR) is 123 cm³/mol. The number of carbonyl (C=O) groups excluding carboxylic acids is 1. The van der Waals surface area contributed by atoms with E-state index in [0.29, 0.717) is 43.4 Å². The summed E-state index contributed by atoms with van der Waals surface area (Å²) < 4.78 is 27.5. The molecule has 0 aliphatic carbocycles. The fraction of sp³-hybridized carbons (Fsp3) is 0.261. The Morgan fingerprint density at radius 2 is 1.59 bits per heavy atom. The van der Waals surface area contributed by atoms with Crippen molar-refractivity contribution in [3.8, 4) is 0 Å². The molecule has 0 spiro atoms. The smallest absolute Gasteiger partial charge is 0.264 e. The van der Waals surface area contributed by atoms with Crippen molar-refractivity contribution in [1.29, 1.82) is 0 Å². The number of amides is 1. The molecule has 2 heterocycles. The maximum Gasteiger partial charge on any atom is 0.264 e. The molecule has 3 aromatic rings. The van der Waals surface area contributed by atoms with E-state index < -0.39 is 10.0 Å². The SMILES string of the molecule is Cc1ccc(N(C)S(=O)(=O)c2cccc(C(=O)N3CCN(c4ncccn4)CC3)c2)cc1. The molecule has 1 aromatic heterocycles. The van der Waals surface area contributed by atoms with Crippen molar-refractivity contribution in [1.82, 2.24) is 14.9 Å². The first-order valence-electron chi connectivity index (χ1n) is 10.3. The molecule has 0 atom stereocenters. The standard InChI is InChI=1S/C23H25N5O3S/c1-18-7-9-20(10-8-18)26(2)32(30,31)21-6-3-5-19(17-21)22(29)27-13-15-28(16-14-27)23-24-11-4-12-25-23/h3-12,17H,13-16H2,1-2H3. The van der Waals surface area contributed by atoms with Crippen molar-refractivity contribution in [3.63, 3.8) is 0 Å². The Hall–Kier alpha value is -3.46. The van der Waals surface area contributed by atoms with Crippen molar-refractivity contribution in [2.24, 2.45) is 0 Å². The molecule has 0 N–H and O–H groups in total. The predicted octanol–water partition coefficient (Wildman–Crippen LogP) is 2.57. The van der Waals surface area contributed by atoms with Gasteiger partial charge in [-0.1, -0.05) is 23.8 Å². The normalized spacial score (nSPS) is 14.3. The number of nitrogens with zero attached hydrogens (tertiary/aromatic N) is 5. The van der Waals surface area contributed by atoms with Gasteiger partial charge in [-0.2, -0.15) is 0 Å². The van der Waals surface area contributed by atoms with Crippen LogP contribution in [0.25, 0.3) is 0 Å². The second-order valence-corrected chi connectivity index (χ2v) is 9.63. The van der Waals surface area contributed by atoms with Crippen LogP contribution in [0, 0.1) is 6.92 Å². The molecule has 9 heteroatoms. The van der Waals surface area contributed by atoms with Crippen LogP contribution in [-0.4, -0.2) is 62.4 Å². The van der Waals surface area contributed by atoms with Gasteiger partial charge in [0, 0.05) is 51.2 Å². The largest absolute Gasteiger partial charge is 0.337 e. The minimum Gasteiger partial charge on any atom is -0.337 e. The van der Waals surface area contributed by atoms with Crippen LogP contribution in [0.15, 0.2) is 71.9 Å². The van der Waals surface area contributed by atoms with Crippen LogP contribution in [0.3, 0.4) is 0 Å². The third-order valence-corrected chi connectivity index (χ3v) is 7.32. The van der Waals surface area contributed by atoms with Crippen molar-refractivity contribution < 1.29 is 13.2 Å². The molecular weight excluding hydrogens is 426 g/mol. The van der Waals surface area contributed by atoms with Gasteiger partial charge < -0.3 is 9.80 Å². The zero-order valence-electron chi connectivity index (χ0n) is 18.0. The first-order chi connectivity index (χ1) is 15.4. The van der Waals surface area contributed by atoms with E-state index in [1.165, 1.54) is 23.5 Å². The summed E-state index contributed by atoms with van der Waals surface area (Å²) in [6.07, 6.45) is 3.39. The average Bonchev–Trinajstić information content (AvgIpc) is 2.84. The second kappa shape index (κ2) is 8.96. The monoisotopic (exact) mass is 451 g/mol. The third-order valence-electron chi connectivity index (χ3n) is 5.54. The zero-order valence-corrected chi connectivity index (χ0v) is 18.9. The highest BCUT2D eigenvalue weighted by molar-refractivity contribution is 7.92. The van der Waals surface area contributed by atoms with E-state index in [-0.39, 0.29) is 10.8 Å². The van der Waals surface area contributed by atoms with Crippen LogP contribution in [0.2, 0.25) is 0 Å². The van der Waals surface area contributed by atoms with Crippen molar-refractivity contribution in [3.05, 3.63) is 78.1 Å². The summed E-state index contributed by atoms with van der Waals surface area (Å²) >= 11 is 0. The third kappa shape index (κ3) is 4.43. The highest BCUT2D eigenvalue weighted by Crippen LogP contribution is 2.23. The average molecular weight is 452 g/mol. The molecule has 0 bridgehead atoms. The number of sulfonamides is 1. The van der Waals surface area contributed by atoms with Gasteiger partial charge >= 0.3 is 0 Å². The minimum atomic E-state index is -3.80. The van der Waals surface area contributed by atoms with E-state index in [9.17, 15) is 13.2 Å². The van der Waals surface area contributed by atoms with E-state index in [0.717, 1.165) is 5.56 Å². The molecule has 0 saturated carbocycles. The van der Waals surface area contributed by atoms with Crippen molar-refractivity contribution >= 4 is 27.6 Å². The summed E-state index contributed by atoms with van der Waals surface area (Å²) in [6, 6.07) is 15.2. The molecule has 0 unspecified atom stereocenters. The maximum atomic E-state index is 13.1. The number of rotatable bonds is 5. The van der Waals surface area contributed by atoms with Gasteiger partial charge in [0.05, 0.1) is 10.6 Å². The van der Waals surface area contributed by atoms with Gasteiger partial charge in [0.25, 0.3) is 15.9 Å². The summed E-state index contributed by atoms with van der Waals surface area (Å²) in [4.78, 5) is 25.4. The number of aryl methyl sites for hydroxylation is 1. The number of hydrogen-bond acceptors (Lipinski definition) is 6. The van der Waals surface area contributed by atoms with E-state index in [4.69, 9.17) is 0 Å². The quantitative estimate of drug-likeness (QED) is 0.593. The van der Waals surface area contributed by atoms with Crippen molar-refractivity contribution in [2.75, 3.05) is 42.4 Å². The number of piperazine rings is 1. The van der Waals surface area contributed by atoms with Crippen LogP contribution in [-0.2, 0) is 10.0 Å². The molecule has 1 amide bonds. The number of carbonyl (C=O) groups is 1. The van der Waals surface area contributed by atoms with Crippen LogP contribution in [0.4, 0.5) is 11.6 Å². The topological polar surface area (TPSA) is 86.7 Å². The lowest BCUT2D eigenvalue weighted by molar-refractivity contribution is 0.0746. The van der Waals surface area contributed by atoms with Gasteiger partial charge in [0.15, 0.2) is 0 Å². The lowest BCUT2D eigenvalue weighted by Gasteiger charge is -2.34. The van der Waals surface area contributed by atoms with Crippen LogP contribution < -0.4 is 9.21 Å². The Balaban J connectivity index is 1.49. The lowest BCUT2D eigenvalue weighted by atomic mass is 10.2. The van der Waals surface area contributed by atoms with Gasteiger partial charge in [-0.3, -0.25) is 9.10 Å². The summed E-state index contributed by atoms with van der Waals surface area (Å²) in [5, 5.41) is 0. The molecule has 2 aromatic carbocycles. The molecular formula is C23H25N5O3S. The van der Waals surface area contributed by atoms with E-state index in [1.54, 1.807) is 47.6 Å². The Kier molecular flexibility index (Phi) is 6.09. The van der Waals surface area contributed by atoms with E-state index in [2.05, 4.69) is 9.97 Å². The number of hydrogen-bond donors (Lipinski definition) is 0. The van der Waals surface area contributed by atoms with E-state index in [1.807, 2.05) is 24.0 Å². The highest BCUT2D eigenvalue weighted by Gasteiger charge is 2.26. The summed E-state index contributed by atoms with van der Waals surface area (Å²) in [7, 11) is -2.29. The highest BCUT2D eigenvalue weighted by atomic mass is 32.2. The molecule has 1 aliphatic heterocycles. The van der Waals surface area contributed by atoms with Crippen molar-refractivity contribution in [2.45, 2.75) is 11.8 Å². The van der Waals surface area contributed by atoms with Crippen LogP contribution in [0.5, 0.6) is 0 Å². The molecule has 166 valence electrons. The number of aromatic nitrogens is 2. The summed E-state index contributed by atoms with van der Waals surface area (Å²) in [6.45, 7) is 4.20. The molecule has 1 saturated heterocycles. The Morgan fingerprint density at radius 3 is 2.25 bits per heavy atom. The van der Waals surface area contributed by atoms with E-state index >= 15 is 0 Å².